The van der Waals surface area contributed by atoms with Gasteiger partial charge in [-0.05, 0) is 31.9 Å². The van der Waals surface area contributed by atoms with Crippen molar-refractivity contribution in [3.05, 3.63) is 35.1 Å². The number of piperidine rings is 1. The Bertz CT molecular complexity index is 690. The van der Waals surface area contributed by atoms with Crippen molar-refractivity contribution in [1.82, 2.24) is 20.4 Å². The Kier molecular flexibility index (Phi) is 4.85. The average molecular weight is 334 g/mol. The predicted octanol–water partition coefficient (Wildman–Crippen LogP) is 3.25. The maximum atomic E-state index is 13.9. The molecule has 122 valence electrons. The first-order valence-electron chi connectivity index (χ1n) is 7.80. The number of nitrogens with zero attached hydrogens (tertiary/aromatic N) is 3. The molecule has 1 aromatic carbocycles. The summed E-state index contributed by atoms with van der Waals surface area (Å²) >= 11 is 1.41. The van der Waals surface area contributed by atoms with E-state index in [1.54, 1.807) is 18.2 Å². The molecule has 3 rings (SSSR count). The number of aromatic nitrogens is 2. The molecule has 1 saturated heterocycles. The Morgan fingerprint density at radius 2 is 2.26 bits per heavy atom. The number of carbonyl (C=O) groups is 1. The molecular formula is C16H19FN4OS. The van der Waals surface area contributed by atoms with E-state index in [-0.39, 0.29) is 17.8 Å². The van der Waals surface area contributed by atoms with Gasteiger partial charge in [-0.15, -0.1) is 10.2 Å². The van der Waals surface area contributed by atoms with Gasteiger partial charge < -0.3 is 10.2 Å². The van der Waals surface area contributed by atoms with Crippen LogP contribution < -0.4 is 5.32 Å². The second kappa shape index (κ2) is 7.04. The molecule has 1 unspecified atom stereocenters. The fourth-order valence-corrected chi connectivity index (χ4v) is 3.77. The number of rotatable bonds is 3. The standard InChI is InChI=1S/C16H19FN4OS/c1-2-18-16(22)21-9-5-6-11(10-21)14-19-20-15(23-14)12-7-3-4-8-13(12)17/h3-4,7-8,11H,2,5-6,9-10H2,1H3,(H,18,22). The van der Waals surface area contributed by atoms with Crippen LogP contribution in [0.5, 0.6) is 0 Å². The van der Waals surface area contributed by atoms with Crippen molar-refractivity contribution in [3.8, 4) is 10.6 Å². The number of benzene rings is 1. The van der Waals surface area contributed by atoms with E-state index in [0.717, 1.165) is 24.4 Å². The lowest BCUT2D eigenvalue weighted by Gasteiger charge is -2.31. The van der Waals surface area contributed by atoms with Gasteiger partial charge in [0.1, 0.15) is 10.8 Å². The summed E-state index contributed by atoms with van der Waals surface area (Å²) in [5, 5.41) is 12.7. The Labute approximate surface area is 138 Å². The molecule has 0 radical (unpaired) electrons. The van der Waals surface area contributed by atoms with E-state index in [2.05, 4.69) is 15.5 Å². The maximum Gasteiger partial charge on any atom is 0.317 e. The quantitative estimate of drug-likeness (QED) is 0.937. The molecule has 0 aliphatic carbocycles. The molecule has 1 aliphatic heterocycles. The number of likely N-dealkylation sites (tertiary alicyclic amines) is 1. The number of halogens is 1. The molecule has 1 aliphatic rings. The van der Waals surface area contributed by atoms with Crippen molar-refractivity contribution >= 4 is 17.4 Å². The molecule has 2 amide bonds. The summed E-state index contributed by atoms with van der Waals surface area (Å²) in [6, 6.07) is 6.55. The minimum absolute atomic E-state index is 0.0314. The van der Waals surface area contributed by atoms with E-state index < -0.39 is 0 Å². The van der Waals surface area contributed by atoms with Crippen LogP contribution in [0.4, 0.5) is 9.18 Å². The van der Waals surface area contributed by atoms with E-state index in [1.165, 1.54) is 17.4 Å². The van der Waals surface area contributed by atoms with Gasteiger partial charge in [0.05, 0.1) is 0 Å². The lowest BCUT2D eigenvalue weighted by atomic mass is 9.99. The fourth-order valence-electron chi connectivity index (χ4n) is 2.77. The zero-order valence-electron chi connectivity index (χ0n) is 13.0. The molecule has 1 aromatic heterocycles. The third kappa shape index (κ3) is 3.50. The van der Waals surface area contributed by atoms with Crippen LogP contribution in [-0.2, 0) is 0 Å². The maximum absolute atomic E-state index is 13.9. The highest BCUT2D eigenvalue weighted by atomic mass is 32.1. The molecule has 0 bridgehead atoms. The van der Waals surface area contributed by atoms with Gasteiger partial charge in [-0.3, -0.25) is 0 Å². The number of hydrogen-bond acceptors (Lipinski definition) is 4. The third-order valence-electron chi connectivity index (χ3n) is 3.93. The van der Waals surface area contributed by atoms with E-state index in [1.807, 2.05) is 11.8 Å². The largest absolute Gasteiger partial charge is 0.338 e. The van der Waals surface area contributed by atoms with Crippen LogP contribution in [0.3, 0.4) is 0 Å². The molecule has 2 aromatic rings. The van der Waals surface area contributed by atoms with E-state index >= 15 is 0 Å². The van der Waals surface area contributed by atoms with Crippen molar-refractivity contribution < 1.29 is 9.18 Å². The van der Waals surface area contributed by atoms with Crippen molar-refractivity contribution in [3.63, 3.8) is 0 Å². The molecule has 2 heterocycles. The third-order valence-corrected chi connectivity index (χ3v) is 5.05. The van der Waals surface area contributed by atoms with Crippen LogP contribution in [0.15, 0.2) is 24.3 Å². The highest BCUT2D eigenvalue weighted by Gasteiger charge is 2.27. The number of hydrogen-bond donors (Lipinski definition) is 1. The van der Waals surface area contributed by atoms with Crippen molar-refractivity contribution in [2.75, 3.05) is 19.6 Å². The van der Waals surface area contributed by atoms with Crippen LogP contribution in [0, 0.1) is 5.82 Å². The smallest absolute Gasteiger partial charge is 0.317 e. The summed E-state index contributed by atoms with van der Waals surface area (Å²) in [6.07, 6.45) is 1.91. The molecule has 7 heteroatoms. The second-order valence-corrected chi connectivity index (χ2v) is 6.56. The van der Waals surface area contributed by atoms with Crippen LogP contribution in [-0.4, -0.2) is 40.8 Å². The van der Waals surface area contributed by atoms with Gasteiger partial charge in [0.15, 0.2) is 5.01 Å². The zero-order valence-corrected chi connectivity index (χ0v) is 13.8. The summed E-state index contributed by atoms with van der Waals surface area (Å²) in [5.74, 6) is -0.118. The minimum Gasteiger partial charge on any atom is -0.338 e. The Morgan fingerprint density at radius 1 is 1.43 bits per heavy atom. The summed E-state index contributed by atoms with van der Waals surface area (Å²) in [5.41, 5.74) is 0.479. The summed E-state index contributed by atoms with van der Waals surface area (Å²) in [7, 11) is 0. The summed E-state index contributed by atoms with van der Waals surface area (Å²) in [6.45, 7) is 3.93. The van der Waals surface area contributed by atoms with Gasteiger partial charge in [0, 0.05) is 31.1 Å². The van der Waals surface area contributed by atoms with Crippen LogP contribution >= 0.6 is 11.3 Å². The number of nitrogens with one attached hydrogen (secondary N) is 1. The first-order chi connectivity index (χ1) is 11.2. The summed E-state index contributed by atoms with van der Waals surface area (Å²) < 4.78 is 13.9. The highest BCUT2D eigenvalue weighted by Crippen LogP contribution is 2.33. The molecule has 23 heavy (non-hydrogen) atoms. The molecule has 5 nitrogen and oxygen atoms in total. The zero-order chi connectivity index (χ0) is 16.2. The van der Waals surface area contributed by atoms with Crippen molar-refractivity contribution in [1.29, 1.82) is 0 Å². The SMILES string of the molecule is CCNC(=O)N1CCCC(c2nnc(-c3ccccc3F)s2)C1. The lowest BCUT2D eigenvalue weighted by Crippen LogP contribution is -2.44. The Hall–Kier alpha value is -2.02. The average Bonchev–Trinajstić information content (AvgIpc) is 3.05. The minimum atomic E-state index is -0.289. The second-order valence-electron chi connectivity index (χ2n) is 5.55. The van der Waals surface area contributed by atoms with Crippen molar-refractivity contribution in [2.24, 2.45) is 0 Å². The Balaban J connectivity index is 1.75. The van der Waals surface area contributed by atoms with Gasteiger partial charge in [-0.25, -0.2) is 9.18 Å². The molecule has 1 N–H and O–H groups in total. The first-order valence-corrected chi connectivity index (χ1v) is 8.61. The van der Waals surface area contributed by atoms with Gasteiger partial charge in [0.25, 0.3) is 0 Å². The number of amides is 2. The van der Waals surface area contributed by atoms with E-state index in [9.17, 15) is 9.18 Å². The first kappa shape index (κ1) is 15.9. The normalized spacial score (nSPS) is 18.0. The Morgan fingerprint density at radius 3 is 3.04 bits per heavy atom. The summed E-state index contributed by atoms with van der Waals surface area (Å²) in [4.78, 5) is 13.8. The fraction of sp³-hybridized carbons (Fsp3) is 0.438. The van der Waals surface area contributed by atoms with Crippen LogP contribution in [0.1, 0.15) is 30.7 Å². The van der Waals surface area contributed by atoms with Crippen LogP contribution in [0.25, 0.3) is 10.6 Å². The van der Waals surface area contributed by atoms with Crippen LogP contribution in [0.2, 0.25) is 0 Å². The predicted molar refractivity (Wildman–Crippen MR) is 87.9 cm³/mol. The molecular weight excluding hydrogens is 315 g/mol. The number of urea groups is 1. The monoisotopic (exact) mass is 334 g/mol. The van der Waals surface area contributed by atoms with Gasteiger partial charge in [-0.2, -0.15) is 0 Å². The van der Waals surface area contributed by atoms with Gasteiger partial charge >= 0.3 is 6.03 Å². The van der Waals surface area contributed by atoms with Gasteiger partial charge in [0.2, 0.25) is 0 Å². The van der Waals surface area contributed by atoms with E-state index in [0.29, 0.717) is 23.7 Å². The number of carbonyl (C=O) groups excluding carboxylic acids is 1. The van der Waals surface area contributed by atoms with Crippen molar-refractivity contribution in [2.45, 2.75) is 25.7 Å². The van der Waals surface area contributed by atoms with Gasteiger partial charge in [-0.1, -0.05) is 23.5 Å². The van der Waals surface area contributed by atoms with E-state index in [4.69, 9.17) is 0 Å². The lowest BCUT2D eigenvalue weighted by molar-refractivity contribution is 0.180. The highest BCUT2D eigenvalue weighted by molar-refractivity contribution is 7.14. The molecule has 1 fully saturated rings. The molecule has 1 atom stereocenters. The topological polar surface area (TPSA) is 58.1 Å². The molecule has 0 spiro atoms. The molecule has 0 saturated carbocycles.